The first kappa shape index (κ1) is 13.9. The van der Waals surface area contributed by atoms with E-state index in [1.54, 1.807) is 6.07 Å². The second-order valence-electron chi connectivity index (χ2n) is 4.56. The van der Waals surface area contributed by atoms with Crippen molar-refractivity contribution >= 4 is 45.9 Å². The fourth-order valence-electron chi connectivity index (χ4n) is 2.18. The summed E-state index contributed by atoms with van der Waals surface area (Å²) in [7, 11) is 0. The van der Waals surface area contributed by atoms with Gasteiger partial charge in [-0.2, -0.15) is 0 Å². The van der Waals surface area contributed by atoms with E-state index in [0.717, 1.165) is 16.4 Å². The molecule has 0 bridgehead atoms. The van der Waals surface area contributed by atoms with E-state index in [2.05, 4.69) is 33.2 Å². The maximum absolute atomic E-state index is 11.9. The standard InChI is InChI=1S/C13H16ClIN2O/c14-11-7-6-9(15)8-12(11)17-13(18)16-10-4-2-1-3-5-10/h6-8,10H,1-5H2,(H2,16,17,18). The van der Waals surface area contributed by atoms with Crippen LogP contribution in [-0.2, 0) is 0 Å². The summed E-state index contributed by atoms with van der Waals surface area (Å²) in [6.45, 7) is 0. The lowest BCUT2D eigenvalue weighted by atomic mass is 9.96. The van der Waals surface area contributed by atoms with Gasteiger partial charge in [-0.05, 0) is 53.6 Å². The van der Waals surface area contributed by atoms with Crippen LogP contribution in [0, 0.1) is 3.57 Å². The van der Waals surface area contributed by atoms with Crippen LogP contribution in [0.15, 0.2) is 18.2 Å². The Morgan fingerprint density at radius 3 is 2.72 bits per heavy atom. The molecule has 0 spiro atoms. The van der Waals surface area contributed by atoms with Crippen LogP contribution in [0.2, 0.25) is 5.02 Å². The fourth-order valence-corrected chi connectivity index (χ4v) is 2.84. The Balaban J connectivity index is 1.92. The van der Waals surface area contributed by atoms with Crippen molar-refractivity contribution in [3.63, 3.8) is 0 Å². The van der Waals surface area contributed by atoms with Gasteiger partial charge < -0.3 is 10.6 Å². The smallest absolute Gasteiger partial charge is 0.319 e. The molecular formula is C13H16ClIN2O. The first-order valence-electron chi connectivity index (χ1n) is 6.18. The van der Waals surface area contributed by atoms with E-state index in [0.29, 0.717) is 16.8 Å². The number of urea groups is 1. The van der Waals surface area contributed by atoms with Gasteiger partial charge in [-0.1, -0.05) is 30.9 Å². The Morgan fingerprint density at radius 2 is 2.00 bits per heavy atom. The van der Waals surface area contributed by atoms with Crippen LogP contribution in [0.1, 0.15) is 32.1 Å². The van der Waals surface area contributed by atoms with Gasteiger partial charge in [0, 0.05) is 9.61 Å². The third kappa shape index (κ3) is 4.02. The minimum atomic E-state index is -0.161. The molecule has 1 fully saturated rings. The normalized spacial score (nSPS) is 16.3. The van der Waals surface area contributed by atoms with Crippen LogP contribution < -0.4 is 10.6 Å². The van der Waals surface area contributed by atoms with E-state index in [1.165, 1.54) is 19.3 Å². The molecule has 1 aliphatic carbocycles. The second kappa shape index (κ2) is 6.61. The molecule has 0 heterocycles. The molecule has 3 nitrogen and oxygen atoms in total. The van der Waals surface area contributed by atoms with Crippen molar-refractivity contribution in [1.29, 1.82) is 0 Å². The Bertz CT molecular complexity index is 433. The lowest BCUT2D eigenvalue weighted by Crippen LogP contribution is -2.39. The first-order chi connectivity index (χ1) is 8.65. The molecule has 0 aromatic heterocycles. The van der Waals surface area contributed by atoms with Gasteiger partial charge in [0.15, 0.2) is 0 Å². The van der Waals surface area contributed by atoms with Gasteiger partial charge in [0.05, 0.1) is 10.7 Å². The lowest BCUT2D eigenvalue weighted by Gasteiger charge is -2.23. The van der Waals surface area contributed by atoms with Gasteiger partial charge >= 0.3 is 6.03 Å². The predicted molar refractivity (Wildman–Crippen MR) is 83.2 cm³/mol. The number of hydrogen-bond donors (Lipinski definition) is 2. The van der Waals surface area contributed by atoms with E-state index in [9.17, 15) is 4.79 Å². The van der Waals surface area contributed by atoms with E-state index < -0.39 is 0 Å². The summed E-state index contributed by atoms with van der Waals surface area (Å²) in [5.41, 5.74) is 0.664. The molecule has 1 aromatic rings. The Labute approximate surface area is 126 Å². The van der Waals surface area contributed by atoms with Gasteiger partial charge in [0.2, 0.25) is 0 Å². The summed E-state index contributed by atoms with van der Waals surface area (Å²) in [5.74, 6) is 0. The van der Waals surface area contributed by atoms with E-state index in [4.69, 9.17) is 11.6 Å². The highest BCUT2D eigenvalue weighted by Gasteiger charge is 2.16. The van der Waals surface area contributed by atoms with Crippen LogP contribution in [0.4, 0.5) is 10.5 Å². The molecule has 5 heteroatoms. The molecule has 1 aromatic carbocycles. The molecule has 0 unspecified atom stereocenters. The molecule has 0 radical (unpaired) electrons. The number of anilines is 1. The second-order valence-corrected chi connectivity index (χ2v) is 6.21. The minimum Gasteiger partial charge on any atom is -0.335 e. The molecule has 1 saturated carbocycles. The van der Waals surface area contributed by atoms with Gasteiger partial charge in [-0.15, -0.1) is 0 Å². The summed E-state index contributed by atoms with van der Waals surface area (Å²) >= 11 is 8.23. The fraction of sp³-hybridized carbons (Fsp3) is 0.462. The zero-order valence-electron chi connectivity index (χ0n) is 10.0. The molecule has 2 amide bonds. The predicted octanol–water partition coefficient (Wildman–Crippen LogP) is 4.40. The summed E-state index contributed by atoms with van der Waals surface area (Å²) in [4.78, 5) is 11.9. The Morgan fingerprint density at radius 1 is 1.28 bits per heavy atom. The maximum Gasteiger partial charge on any atom is 0.319 e. The Kier molecular flexibility index (Phi) is 5.12. The summed E-state index contributed by atoms with van der Waals surface area (Å²) in [6, 6.07) is 5.71. The number of amides is 2. The van der Waals surface area contributed by atoms with E-state index in [-0.39, 0.29) is 6.03 Å². The molecule has 2 N–H and O–H groups in total. The number of halogens is 2. The van der Waals surface area contributed by atoms with Crippen molar-refractivity contribution in [3.8, 4) is 0 Å². The highest BCUT2D eigenvalue weighted by Crippen LogP contribution is 2.24. The van der Waals surface area contributed by atoms with Gasteiger partial charge in [0.25, 0.3) is 0 Å². The summed E-state index contributed by atoms with van der Waals surface area (Å²) < 4.78 is 1.05. The average Bonchev–Trinajstić information content (AvgIpc) is 2.35. The largest absolute Gasteiger partial charge is 0.335 e. The number of nitrogens with one attached hydrogen (secondary N) is 2. The number of carbonyl (C=O) groups excluding carboxylic acids is 1. The Hall–Kier alpha value is -0.490. The van der Waals surface area contributed by atoms with Crippen LogP contribution >= 0.6 is 34.2 Å². The van der Waals surface area contributed by atoms with E-state index in [1.807, 2.05) is 12.1 Å². The van der Waals surface area contributed by atoms with E-state index >= 15 is 0 Å². The summed E-state index contributed by atoms with van der Waals surface area (Å²) in [5, 5.41) is 6.38. The number of carbonyl (C=O) groups is 1. The molecule has 1 aliphatic rings. The zero-order valence-corrected chi connectivity index (χ0v) is 12.9. The van der Waals surface area contributed by atoms with Crippen molar-refractivity contribution in [2.24, 2.45) is 0 Å². The molecule has 98 valence electrons. The molecule has 0 aliphatic heterocycles. The number of rotatable bonds is 2. The molecule has 2 rings (SSSR count). The zero-order chi connectivity index (χ0) is 13.0. The lowest BCUT2D eigenvalue weighted by molar-refractivity contribution is 0.244. The van der Waals surface area contributed by atoms with Crippen LogP contribution in [0.25, 0.3) is 0 Å². The quantitative estimate of drug-likeness (QED) is 0.736. The maximum atomic E-state index is 11.9. The van der Waals surface area contributed by atoms with Crippen molar-refractivity contribution in [3.05, 3.63) is 26.8 Å². The van der Waals surface area contributed by atoms with Crippen molar-refractivity contribution in [2.75, 3.05) is 5.32 Å². The molecule has 0 atom stereocenters. The van der Waals surface area contributed by atoms with Crippen LogP contribution in [0.5, 0.6) is 0 Å². The van der Waals surface area contributed by atoms with Crippen molar-refractivity contribution in [2.45, 2.75) is 38.1 Å². The topological polar surface area (TPSA) is 41.1 Å². The molecule has 18 heavy (non-hydrogen) atoms. The van der Waals surface area contributed by atoms with Crippen molar-refractivity contribution < 1.29 is 4.79 Å². The molecule has 0 saturated heterocycles. The third-order valence-corrected chi connectivity index (χ3v) is 4.12. The minimum absolute atomic E-state index is 0.161. The van der Waals surface area contributed by atoms with Gasteiger partial charge in [-0.3, -0.25) is 0 Å². The van der Waals surface area contributed by atoms with Crippen LogP contribution in [-0.4, -0.2) is 12.1 Å². The van der Waals surface area contributed by atoms with Gasteiger partial charge in [-0.25, -0.2) is 4.79 Å². The highest BCUT2D eigenvalue weighted by atomic mass is 127. The third-order valence-electron chi connectivity index (χ3n) is 3.12. The first-order valence-corrected chi connectivity index (χ1v) is 7.63. The number of hydrogen-bond acceptors (Lipinski definition) is 1. The summed E-state index contributed by atoms with van der Waals surface area (Å²) in [6.07, 6.45) is 5.84. The number of benzene rings is 1. The average molecular weight is 379 g/mol. The molecular weight excluding hydrogens is 363 g/mol. The van der Waals surface area contributed by atoms with Gasteiger partial charge in [0.1, 0.15) is 0 Å². The monoisotopic (exact) mass is 378 g/mol. The van der Waals surface area contributed by atoms with Crippen LogP contribution in [0.3, 0.4) is 0 Å². The SMILES string of the molecule is O=C(Nc1cc(I)ccc1Cl)NC1CCCCC1. The highest BCUT2D eigenvalue weighted by molar-refractivity contribution is 14.1. The van der Waals surface area contributed by atoms with Crippen molar-refractivity contribution in [1.82, 2.24) is 5.32 Å².